The number of fused-ring (bicyclic) bond motifs is 1. The van der Waals surface area contributed by atoms with Crippen molar-refractivity contribution in [2.75, 3.05) is 5.32 Å². The lowest BCUT2D eigenvalue weighted by atomic mass is 10.1. The summed E-state index contributed by atoms with van der Waals surface area (Å²) in [7, 11) is 0. The standard InChI is InChI=1S/C24H26N2O5/c1-5-14(3)26-22(28)19-12-9-17(13-20(19)23(26)29)24(30)31-15(4)21(27)25-18-10-7-16(6-2)8-11-18/h7-15H,5-6H2,1-4H3,(H,25,27)/t14-,15+/m0/s1. The van der Waals surface area contributed by atoms with Crippen LogP contribution in [-0.4, -0.2) is 40.7 Å². The number of aryl methyl sites for hydroxylation is 1. The number of nitrogens with one attached hydrogen (secondary N) is 1. The zero-order valence-electron chi connectivity index (χ0n) is 18.1. The molecule has 0 radical (unpaired) electrons. The fourth-order valence-electron chi connectivity index (χ4n) is 3.32. The van der Waals surface area contributed by atoms with Gasteiger partial charge in [-0.3, -0.25) is 19.3 Å². The van der Waals surface area contributed by atoms with E-state index in [1.165, 1.54) is 30.0 Å². The smallest absolute Gasteiger partial charge is 0.338 e. The van der Waals surface area contributed by atoms with E-state index in [2.05, 4.69) is 5.32 Å². The Labute approximate surface area is 181 Å². The number of benzene rings is 2. The Morgan fingerprint density at radius 1 is 0.968 bits per heavy atom. The minimum atomic E-state index is -1.04. The van der Waals surface area contributed by atoms with Crippen molar-refractivity contribution >= 4 is 29.4 Å². The van der Waals surface area contributed by atoms with Crippen LogP contribution in [0.4, 0.5) is 5.69 Å². The molecule has 2 atom stereocenters. The van der Waals surface area contributed by atoms with E-state index >= 15 is 0 Å². The lowest BCUT2D eigenvalue weighted by molar-refractivity contribution is -0.123. The van der Waals surface area contributed by atoms with E-state index in [9.17, 15) is 19.2 Å². The largest absolute Gasteiger partial charge is 0.449 e. The van der Waals surface area contributed by atoms with E-state index in [4.69, 9.17) is 4.74 Å². The third-order valence-corrected chi connectivity index (χ3v) is 5.47. The Hall–Kier alpha value is -3.48. The van der Waals surface area contributed by atoms with Crippen LogP contribution in [-0.2, 0) is 16.0 Å². The number of carbonyl (C=O) groups is 4. The summed E-state index contributed by atoms with van der Waals surface area (Å²) in [6, 6.07) is 11.4. The summed E-state index contributed by atoms with van der Waals surface area (Å²) in [4.78, 5) is 51.3. The topological polar surface area (TPSA) is 92.8 Å². The molecule has 2 aromatic carbocycles. The number of amides is 3. The second kappa shape index (κ2) is 9.12. The van der Waals surface area contributed by atoms with Crippen LogP contribution in [0, 0.1) is 0 Å². The Bertz CT molecular complexity index is 1030. The van der Waals surface area contributed by atoms with Gasteiger partial charge in [-0.05, 0) is 62.6 Å². The van der Waals surface area contributed by atoms with Gasteiger partial charge in [0.2, 0.25) is 0 Å². The monoisotopic (exact) mass is 422 g/mol. The van der Waals surface area contributed by atoms with E-state index in [0.717, 1.165) is 12.0 Å². The number of imide groups is 1. The molecule has 0 saturated heterocycles. The van der Waals surface area contributed by atoms with Gasteiger partial charge in [0.25, 0.3) is 17.7 Å². The van der Waals surface area contributed by atoms with E-state index < -0.39 is 23.9 Å². The van der Waals surface area contributed by atoms with E-state index in [1.54, 1.807) is 19.1 Å². The van der Waals surface area contributed by atoms with Crippen molar-refractivity contribution in [2.45, 2.75) is 52.7 Å². The van der Waals surface area contributed by atoms with Gasteiger partial charge in [0, 0.05) is 11.7 Å². The molecule has 1 N–H and O–H groups in total. The second-order valence-electron chi connectivity index (χ2n) is 7.59. The number of ether oxygens (including phenoxy) is 1. The van der Waals surface area contributed by atoms with Crippen molar-refractivity contribution in [3.63, 3.8) is 0 Å². The van der Waals surface area contributed by atoms with Gasteiger partial charge in [-0.25, -0.2) is 4.79 Å². The molecule has 0 saturated carbocycles. The molecular formula is C24H26N2O5. The molecule has 0 bridgehead atoms. The highest BCUT2D eigenvalue weighted by Gasteiger charge is 2.38. The van der Waals surface area contributed by atoms with Gasteiger partial charge < -0.3 is 10.1 Å². The van der Waals surface area contributed by atoms with Crippen LogP contribution in [0.3, 0.4) is 0 Å². The van der Waals surface area contributed by atoms with Gasteiger partial charge >= 0.3 is 5.97 Å². The van der Waals surface area contributed by atoms with Crippen molar-refractivity contribution in [3.8, 4) is 0 Å². The molecule has 0 unspecified atom stereocenters. The highest BCUT2D eigenvalue weighted by Crippen LogP contribution is 2.27. The van der Waals surface area contributed by atoms with Crippen molar-refractivity contribution in [3.05, 3.63) is 64.7 Å². The molecule has 0 aliphatic carbocycles. The van der Waals surface area contributed by atoms with Crippen LogP contribution in [0.1, 0.15) is 70.8 Å². The van der Waals surface area contributed by atoms with E-state index in [1.807, 2.05) is 26.0 Å². The number of carbonyl (C=O) groups excluding carboxylic acids is 4. The molecule has 3 rings (SSSR count). The quantitative estimate of drug-likeness (QED) is 0.541. The molecule has 31 heavy (non-hydrogen) atoms. The summed E-state index contributed by atoms with van der Waals surface area (Å²) in [5.74, 6) is -2.00. The van der Waals surface area contributed by atoms with Crippen molar-refractivity contribution in [1.29, 1.82) is 0 Å². The van der Waals surface area contributed by atoms with Gasteiger partial charge in [0.1, 0.15) is 0 Å². The van der Waals surface area contributed by atoms with Crippen LogP contribution in [0.2, 0.25) is 0 Å². The summed E-state index contributed by atoms with van der Waals surface area (Å²) in [6.07, 6.45) is 0.487. The molecule has 0 aromatic heterocycles. The average Bonchev–Trinajstić information content (AvgIpc) is 3.03. The second-order valence-corrected chi connectivity index (χ2v) is 7.59. The van der Waals surface area contributed by atoms with Crippen molar-refractivity contribution < 1.29 is 23.9 Å². The number of anilines is 1. The molecule has 3 amide bonds. The molecule has 0 fully saturated rings. The first-order valence-electron chi connectivity index (χ1n) is 10.4. The van der Waals surface area contributed by atoms with E-state index in [0.29, 0.717) is 12.1 Å². The highest BCUT2D eigenvalue weighted by atomic mass is 16.5. The highest BCUT2D eigenvalue weighted by molar-refractivity contribution is 6.22. The number of nitrogens with zero attached hydrogens (tertiary/aromatic N) is 1. The average molecular weight is 422 g/mol. The zero-order valence-corrected chi connectivity index (χ0v) is 18.1. The molecule has 0 spiro atoms. The maximum atomic E-state index is 12.7. The first-order valence-corrected chi connectivity index (χ1v) is 10.4. The van der Waals surface area contributed by atoms with Crippen LogP contribution in [0.15, 0.2) is 42.5 Å². The van der Waals surface area contributed by atoms with Gasteiger partial charge in [-0.2, -0.15) is 0 Å². The minimum Gasteiger partial charge on any atom is -0.449 e. The van der Waals surface area contributed by atoms with Crippen LogP contribution in [0.5, 0.6) is 0 Å². The first kappa shape index (κ1) is 22.2. The molecule has 1 aliphatic heterocycles. The molecule has 2 aromatic rings. The maximum Gasteiger partial charge on any atom is 0.338 e. The summed E-state index contributed by atoms with van der Waals surface area (Å²) >= 11 is 0. The maximum absolute atomic E-state index is 12.7. The SMILES string of the molecule is CCc1ccc(NC(=O)[C@@H](C)OC(=O)c2ccc3c(c2)C(=O)N([C@@H](C)CC)C3=O)cc1. The Balaban J connectivity index is 1.68. The van der Waals surface area contributed by atoms with Crippen molar-refractivity contribution in [2.24, 2.45) is 0 Å². The molecule has 1 heterocycles. The Morgan fingerprint density at radius 2 is 1.61 bits per heavy atom. The molecular weight excluding hydrogens is 396 g/mol. The predicted octanol–water partition coefficient (Wildman–Crippen LogP) is 3.83. The summed E-state index contributed by atoms with van der Waals surface area (Å²) in [5, 5.41) is 2.71. The number of hydrogen-bond acceptors (Lipinski definition) is 5. The predicted molar refractivity (Wildman–Crippen MR) is 116 cm³/mol. The Kier molecular flexibility index (Phi) is 6.53. The lowest BCUT2D eigenvalue weighted by Crippen LogP contribution is -2.37. The van der Waals surface area contributed by atoms with Gasteiger partial charge in [0.15, 0.2) is 6.10 Å². The number of hydrogen-bond donors (Lipinski definition) is 1. The first-order chi connectivity index (χ1) is 14.8. The fraction of sp³-hybridized carbons (Fsp3) is 0.333. The number of esters is 1. The summed E-state index contributed by atoms with van der Waals surface area (Å²) in [6.45, 7) is 7.20. The van der Waals surface area contributed by atoms with Gasteiger partial charge in [-0.1, -0.05) is 26.0 Å². The fourth-order valence-corrected chi connectivity index (χ4v) is 3.32. The van der Waals surface area contributed by atoms with Crippen LogP contribution < -0.4 is 5.32 Å². The summed E-state index contributed by atoms with van der Waals surface area (Å²) in [5.41, 5.74) is 2.31. The van der Waals surface area contributed by atoms with Gasteiger partial charge in [0.05, 0.1) is 16.7 Å². The van der Waals surface area contributed by atoms with E-state index in [-0.39, 0.29) is 28.6 Å². The lowest BCUT2D eigenvalue weighted by Gasteiger charge is -2.20. The van der Waals surface area contributed by atoms with Crippen LogP contribution >= 0.6 is 0 Å². The van der Waals surface area contributed by atoms with Gasteiger partial charge in [-0.15, -0.1) is 0 Å². The zero-order chi connectivity index (χ0) is 22.7. The minimum absolute atomic E-state index is 0.109. The number of rotatable bonds is 7. The normalized spacial score (nSPS) is 14.8. The van der Waals surface area contributed by atoms with Crippen LogP contribution in [0.25, 0.3) is 0 Å². The summed E-state index contributed by atoms with van der Waals surface area (Å²) < 4.78 is 5.27. The molecule has 7 nitrogen and oxygen atoms in total. The third-order valence-electron chi connectivity index (χ3n) is 5.47. The molecule has 162 valence electrons. The molecule has 1 aliphatic rings. The molecule has 7 heteroatoms. The third kappa shape index (κ3) is 4.50. The van der Waals surface area contributed by atoms with Crippen molar-refractivity contribution in [1.82, 2.24) is 4.90 Å². The Morgan fingerprint density at radius 3 is 2.23 bits per heavy atom.